The summed E-state index contributed by atoms with van der Waals surface area (Å²) < 4.78 is 5.16. The summed E-state index contributed by atoms with van der Waals surface area (Å²) in [5.74, 6) is 1.13. The normalized spacial score (nSPS) is 14.5. The van der Waals surface area contributed by atoms with Crippen molar-refractivity contribution in [1.29, 1.82) is 0 Å². The number of carbonyl (C=O) groups is 1. The number of esters is 1. The number of rotatable bonds is 7. The average Bonchev–Trinajstić information content (AvgIpc) is 3.18. The summed E-state index contributed by atoms with van der Waals surface area (Å²) in [4.78, 5) is 35.3. The molecule has 168 valence electrons. The number of nitro benzene ring substituents is 1. The van der Waals surface area contributed by atoms with E-state index in [4.69, 9.17) is 14.7 Å². The Morgan fingerprint density at radius 2 is 2.12 bits per heavy atom. The Morgan fingerprint density at radius 1 is 1.34 bits per heavy atom. The Hall–Kier alpha value is -3.27. The SMILES string of the molecule is CCOC(=O)C1CCN(c2nc(NCc3cccc([N+](=O)[O-])c3)c3c(C)csc3n2)CC1. The van der Waals surface area contributed by atoms with Crippen LogP contribution in [0, 0.1) is 23.0 Å². The molecule has 32 heavy (non-hydrogen) atoms. The Balaban J connectivity index is 1.54. The van der Waals surface area contributed by atoms with E-state index in [2.05, 4.69) is 15.6 Å². The van der Waals surface area contributed by atoms with Gasteiger partial charge in [-0.15, -0.1) is 11.3 Å². The predicted octanol–water partition coefficient (Wildman–Crippen LogP) is 4.30. The number of benzene rings is 1. The minimum absolute atomic E-state index is 0.0639. The van der Waals surface area contributed by atoms with E-state index in [-0.39, 0.29) is 17.6 Å². The lowest BCUT2D eigenvalue weighted by molar-refractivity contribution is -0.384. The maximum Gasteiger partial charge on any atom is 0.309 e. The van der Waals surface area contributed by atoms with Crippen molar-refractivity contribution in [1.82, 2.24) is 9.97 Å². The molecule has 0 unspecified atom stereocenters. The number of anilines is 2. The second-order valence-electron chi connectivity index (χ2n) is 7.77. The molecule has 3 heterocycles. The van der Waals surface area contributed by atoms with Crippen LogP contribution in [-0.4, -0.2) is 40.6 Å². The van der Waals surface area contributed by atoms with Crippen molar-refractivity contribution in [2.45, 2.75) is 33.2 Å². The summed E-state index contributed by atoms with van der Waals surface area (Å²) in [6, 6.07) is 6.57. The molecule has 1 saturated heterocycles. The van der Waals surface area contributed by atoms with Gasteiger partial charge in [-0.3, -0.25) is 14.9 Å². The number of nitrogens with one attached hydrogen (secondary N) is 1. The van der Waals surface area contributed by atoms with Crippen molar-refractivity contribution in [3.8, 4) is 0 Å². The zero-order valence-electron chi connectivity index (χ0n) is 18.0. The summed E-state index contributed by atoms with van der Waals surface area (Å²) in [6.07, 6.45) is 1.42. The highest BCUT2D eigenvalue weighted by Gasteiger charge is 2.28. The van der Waals surface area contributed by atoms with Crippen molar-refractivity contribution < 1.29 is 14.5 Å². The molecule has 1 fully saturated rings. The van der Waals surface area contributed by atoms with Crippen LogP contribution < -0.4 is 10.2 Å². The van der Waals surface area contributed by atoms with Gasteiger partial charge in [-0.1, -0.05) is 12.1 Å². The van der Waals surface area contributed by atoms with Gasteiger partial charge in [0, 0.05) is 31.8 Å². The molecule has 1 aromatic carbocycles. The molecule has 4 rings (SSSR count). The van der Waals surface area contributed by atoms with E-state index in [0.29, 0.717) is 50.8 Å². The average molecular weight is 456 g/mol. The maximum absolute atomic E-state index is 12.0. The van der Waals surface area contributed by atoms with E-state index >= 15 is 0 Å². The van der Waals surface area contributed by atoms with Gasteiger partial charge >= 0.3 is 5.97 Å². The molecule has 0 amide bonds. The van der Waals surface area contributed by atoms with Crippen molar-refractivity contribution in [3.05, 3.63) is 50.9 Å². The molecule has 10 heteroatoms. The lowest BCUT2D eigenvalue weighted by Gasteiger charge is -2.31. The summed E-state index contributed by atoms with van der Waals surface area (Å²) in [5.41, 5.74) is 1.95. The molecule has 1 aliphatic rings. The van der Waals surface area contributed by atoms with Gasteiger partial charge in [0.25, 0.3) is 5.69 Å². The number of aromatic nitrogens is 2. The predicted molar refractivity (Wildman–Crippen MR) is 124 cm³/mol. The van der Waals surface area contributed by atoms with Crippen LogP contribution in [0.4, 0.5) is 17.5 Å². The van der Waals surface area contributed by atoms with Crippen LogP contribution >= 0.6 is 11.3 Å². The third kappa shape index (κ3) is 4.64. The topological polar surface area (TPSA) is 110 Å². The van der Waals surface area contributed by atoms with Crippen molar-refractivity contribution in [2.75, 3.05) is 29.9 Å². The fourth-order valence-electron chi connectivity index (χ4n) is 3.88. The molecular weight excluding hydrogens is 430 g/mol. The Kier molecular flexibility index (Phi) is 6.50. The van der Waals surface area contributed by atoms with Crippen LogP contribution in [-0.2, 0) is 16.1 Å². The van der Waals surface area contributed by atoms with E-state index < -0.39 is 4.92 Å². The maximum atomic E-state index is 12.0. The van der Waals surface area contributed by atoms with Gasteiger partial charge in [0.2, 0.25) is 5.95 Å². The first-order valence-corrected chi connectivity index (χ1v) is 11.5. The number of nitrogens with zero attached hydrogens (tertiary/aromatic N) is 4. The first-order valence-electron chi connectivity index (χ1n) is 10.6. The van der Waals surface area contributed by atoms with Gasteiger partial charge in [-0.05, 0) is 43.2 Å². The van der Waals surface area contributed by atoms with Crippen LogP contribution in [0.1, 0.15) is 30.9 Å². The molecule has 1 N–H and O–H groups in total. The van der Waals surface area contributed by atoms with E-state index in [0.717, 1.165) is 21.3 Å². The van der Waals surface area contributed by atoms with Gasteiger partial charge in [0.1, 0.15) is 10.6 Å². The van der Waals surface area contributed by atoms with E-state index in [1.165, 1.54) is 6.07 Å². The van der Waals surface area contributed by atoms with Gasteiger partial charge < -0.3 is 15.0 Å². The summed E-state index contributed by atoms with van der Waals surface area (Å²) in [6.45, 7) is 6.02. The molecule has 0 radical (unpaired) electrons. The van der Waals surface area contributed by atoms with E-state index in [1.807, 2.05) is 19.9 Å². The Morgan fingerprint density at radius 3 is 2.84 bits per heavy atom. The second kappa shape index (κ2) is 9.47. The highest BCUT2D eigenvalue weighted by Crippen LogP contribution is 2.33. The monoisotopic (exact) mass is 455 g/mol. The molecule has 9 nitrogen and oxygen atoms in total. The molecule has 0 aliphatic carbocycles. The number of hydrogen-bond acceptors (Lipinski definition) is 9. The van der Waals surface area contributed by atoms with E-state index in [1.54, 1.807) is 23.5 Å². The molecule has 0 bridgehead atoms. The summed E-state index contributed by atoms with van der Waals surface area (Å²) in [7, 11) is 0. The minimum atomic E-state index is -0.395. The van der Waals surface area contributed by atoms with Crippen LogP contribution in [0.15, 0.2) is 29.6 Å². The quantitative estimate of drug-likeness (QED) is 0.319. The number of non-ortho nitro benzene ring substituents is 1. The molecule has 0 atom stereocenters. The number of nitro groups is 1. The third-order valence-corrected chi connectivity index (χ3v) is 6.57. The highest BCUT2D eigenvalue weighted by molar-refractivity contribution is 7.17. The highest BCUT2D eigenvalue weighted by atomic mass is 32.1. The zero-order valence-corrected chi connectivity index (χ0v) is 18.9. The first kappa shape index (κ1) is 21.9. The van der Waals surface area contributed by atoms with Gasteiger partial charge in [0.15, 0.2) is 0 Å². The summed E-state index contributed by atoms with van der Waals surface area (Å²) in [5, 5.41) is 17.4. The second-order valence-corrected chi connectivity index (χ2v) is 8.62. The molecule has 3 aromatic rings. The fourth-order valence-corrected chi connectivity index (χ4v) is 4.80. The number of aryl methyl sites for hydroxylation is 1. The van der Waals surface area contributed by atoms with Crippen LogP contribution in [0.25, 0.3) is 10.2 Å². The third-order valence-electron chi connectivity index (χ3n) is 5.58. The Labute approximate surface area is 189 Å². The van der Waals surface area contributed by atoms with Crippen molar-refractivity contribution in [2.24, 2.45) is 5.92 Å². The Bertz CT molecular complexity index is 1140. The number of ether oxygens (including phenoxy) is 1. The molecule has 2 aromatic heterocycles. The number of piperidine rings is 1. The van der Waals surface area contributed by atoms with Crippen molar-refractivity contribution >= 4 is 45.0 Å². The fraction of sp³-hybridized carbons (Fsp3) is 0.409. The van der Waals surface area contributed by atoms with Gasteiger partial charge in [0.05, 0.1) is 22.8 Å². The lowest BCUT2D eigenvalue weighted by atomic mass is 9.97. The number of hydrogen-bond donors (Lipinski definition) is 1. The lowest BCUT2D eigenvalue weighted by Crippen LogP contribution is -2.38. The number of fused-ring (bicyclic) bond motifs is 1. The van der Waals surface area contributed by atoms with Crippen LogP contribution in [0.2, 0.25) is 0 Å². The van der Waals surface area contributed by atoms with Gasteiger partial charge in [-0.25, -0.2) is 4.98 Å². The van der Waals surface area contributed by atoms with Crippen LogP contribution in [0.5, 0.6) is 0 Å². The molecule has 0 spiro atoms. The van der Waals surface area contributed by atoms with Gasteiger partial charge in [-0.2, -0.15) is 4.98 Å². The molecule has 0 saturated carbocycles. The zero-order chi connectivity index (χ0) is 22.7. The van der Waals surface area contributed by atoms with Crippen molar-refractivity contribution in [3.63, 3.8) is 0 Å². The van der Waals surface area contributed by atoms with Crippen LogP contribution in [0.3, 0.4) is 0 Å². The standard InChI is InChI=1S/C22H25N5O4S/c1-3-31-21(28)16-7-9-26(10-8-16)22-24-19(18-14(2)13-32-20(18)25-22)23-12-15-5-4-6-17(11-15)27(29)30/h4-6,11,13,16H,3,7-10,12H2,1-2H3,(H,23,24,25). The number of thiophene rings is 1. The van der Waals surface area contributed by atoms with E-state index in [9.17, 15) is 14.9 Å². The smallest absolute Gasteiger partial charge is 0.309 e. The number of carbonyl (C=O) groups excluding carboxylic acids is 1. The minimum Gasteiger partial charge on any atom is -0.466 e. The first-order chi connectivity index (χ1) is 15.5. The summed E-state index contributed by atoms with van der Waals surface area (Å²) >= 11 is 1.57. The molecule has 1 aliphatic heterocycles. The largest absolute Gasteiger partial charge is 0.466 e. The molecular formula is C22H25N5O4S.